The van der Waals surface area contributed by atoms with E-state index in [-0.39, 0.29) is 37.3 Å². The van der Waals surface area contributed by atoms with E-state index in [4.69, 9.17) is 0 Å². The quantitative estimate of drug-likeness (QED) is 0.662. The standard InChI is InChI=1S/C24H30F3N5O2/c1-31-20-11-16(18-6-9-32(13-24(18,26)27)12-14-4-7-28-8-5-14)19(25)10-17(20)22(30-31)15-2-3-21(33)29-23(15)34/h10-11,14-15,18,28H,2-9,12-13H2,1H3,(H,29,33,34). The highest BCUT2D eigenvalue weighted by atomic mass is 19.3. The molecule has 3 aliphatic rings. The summed E-state index contributed by atoms with van der Waals surface area (Å²) in [6, 6.07) is 2.70. The third kappa shape index (κ3) is 4.33. The van der Waals surface area contributed by atoms with Crippen molar-refractivity contribution < 1.29 is 22.8 Å². The van der Waals surface area contributed by atoms with Crippen LogP contribution in [-0.4, -0.2) is 65.1 Å². The smallest absolute Gasteiger partial charge is 0.267 e. The first-order valence-electron chi connectivity index (χ1n) is 12.0. The van der Waals surface area contributed by atoms with Crippen molar-refractivity contribution in [1.82, 2.24) is 25.3 Å². The Morgan fingerprint density at radius 1 is 1.15 bits per heavy atom. The monoisotopic (exact) mass is 477 g/mol. The number of alkyl halides is 2. The molecule has 0 saturated carbocycles. The molecule has 10 heteroatoms. The summed E-state index contributed by atoms with van der Waals surface area (Å²) >= 11 is 0. The molecule has 3 saturated heterocycles. The van der Waals surface area contributed by atoms with Crippen molar-refractivity contribution in [3.05, 3.63) is 29.2 Å². The number of carbonyl (C=O) groups is 2. The maximum absolute atomic E-state index is 15.3. The fourth-order valence-corrected chi connectivity index (χ4v) is 5.78. The molecule has 2 N–H and O–H groups in total. The Morgan fingerprint density at radius 2 is 1.91 bits per heavy atom. The van der Waals surface area contributed by atoms with Crippen LogP contribution in [0.15, 0.2) is 12.1 Å². The van der Waals surface area contributed by atoms with Gasteiger partial charge in [-0.15, -0.1) is 0 Å². The molecule has 3 aliphatic heterocycles. The summed E-state index contributed by atoms with van der Waals surface area (Å²) < 4.78 is 47.4. The number of rotatable bonds is 4. The number of aryl methyl sites for hydroxylation is 1. The van der Waals surface area contributed by atoms with Crippen LogP contribution in [0.1, 0.15) is 55.2 Å². The van der Waals surface area contributed by atoms with Crippen LogP contribution in [0.5, 0.6) is 0 Å². The molecule has 1 aromatic carbocycles. The van der Waals surface area contributed by atoms with Gasteiger partial charge in [0.1, 0.15) is 5.82 Å². The third-order valence-electron chi connectivity index (χ3n) is 7.60. The first-order chi connectivity index (χ1) is 16.2. The van der Waals surface area contributed by atoms with E-state index in [2.05, 4.69) is 15.7 Å². The lowest BCUT2D eigenvalue weighted by molar-refractivity contribution is -0.134. The number of imide groups is 1. The molecule has 34 heavy (non-hydrogen) atoms. The molecule has 0 spiro atoms. The van der Waals surface area contributed by atoms with E-state index in [1.54, 1.807) is 7.05 Å². The molecule has 184 valence electrons. The van der Waals surface area contributed by atoms with Gasteiger partial charge in [-0.25, -0.2) is 13.2 Å². The van der Waals surface area contributed by atoms with Gasteiger partial charge in [0, 0.05) is 25.4 Å². The van der Waals surface area contributed by atoms with E-state index in [9.17, 15) is 9.59 Å². The maximum Gasteiger partial charge on any atom is 0.267 e. The van der Waals surface area contributed by atoms with Crippen molar-refractivity contribution in [3.63, 3.8) is 0 Å². The summed E-state index contributed by atoms with van der Waals surface area (Å²) in [5, 5.41) is 10.4. The predicted molar refractivity (Wildman–Crippen MR) is 120 cm³/mol. The number of amides is 2. The van der Waals surface area contributed by atoms with E-state index < -0.39 is 29.5 Å². The average Bonchev–Trinajstić information content (AvgIpc) is 3.09. The van der Waals surface area contributed by atoms with Crippen LogP contribution in [0.2, 0.25) is 0 Å². The fraction of sp³-hybridized carbons (Fsp3) is 0.625. The topological polar surface area (TPSA) is 79.3 Å². The number of carbonyl (C=O) groups excluding carboxylic acids is 2. The van der Waals surface area contributed by atoms with Gasteiger partial charge in [-0.05, 0) is 68.9 Å². The van der Waals surface area contributed by atoms with Crippen molar-refractivity contribution in [2.75, 3.05) is 32.7 Å². The summed E-state index contributed by atoms with van der Waals surface area (Å²) in [6.45, 7) is 2.64. The van der Waals surface area contributed by atoms with E-state index in [1.807, 2.05) is 4.90 Å². The summed E-state index contributed by atoms with van der Waals surface area (Å²) in [4.78, 5) is 25.7. The van der Waals surface area contributed by atoms with Gasteiger partial charge in [-0.1, -0.05) is 0 Å². The van der Waals surface area contributed by atoms with Gasteiger partial charge in [0.05, 0.1) is 29.6 Å². The number of fused-ring (bicyclic) bond motifs is 1. The molecule has 3 fully saturated rings. The molecular formula is C24H30F3N5O2. The Hall–Kier alpha value is -2.46. The van der Waals surface area contributed by atoms with Gasteiger partial charge in [0.2, 0.25) is 11.8 Å². The second-order valence-electron chi connectivity index (χ2n) is 9.93. The van der Waals surface area contributed by atoms with Gasteiger partial charge in [0.25, 0.3) is 5.92 Å². The zero-order chi connectivity index (χ0) is 24.0. The predicted octanol–water partition coefficient (Wildman–Crippen LogP) is 2.66. The van der Waals surface area contributed by atoms with Crippen molar-refractivity contribution in [1.29, 1.82) is 0 Å². The molecule has 1 aromatic heterocycles. The Bertz CT molecular complexity index is 1110. The number of nitrogens with zero attached hydrogens (tertiary/aromatic N) is 3. The van der Waals surface area contributed by atoms with E-state index in [0.717, 1.165) is 25.9 Å². The molecule has 2 atom stereocenters. The normalized spacial score (nSPS) is 26.7. The van der Waals surface area contributed by atoms with Crippen LogP contribution in [0.3, 0.4) is 0 Å². The molecule has 2 amide bonds. The Kier molecular flexibility index (Phi) is 6.14. The van der Waals surface area contributed by atoms with Crippen LogP contribution in [0, 0.1) is 11.7 Å². The zero-order valence-electron chi connectivity index (χ0n) is 19.2. The SMILES string of the molecule is Cn1nc(C2CCC(=O)NC2=O)c2cc(F)c(C3CCN(CC4CCNCC4)CC3(F)F)cc21. The Morgan fingerprint density at radius 3 is 2.62 bits per heavy atom. The number of nitrogens with one attached hydrogen (secondary N) is 2. The van der Waals surface area contributed by atoms with Crippen molar-refractivity contribution in [2.45, 2.75) is 49.9 Å². The summed E-state index contributed by atoms with van der Waals surface area (Å²) in [7, 11) is 1.65. The molecule has 2 unspecified atom stereocenters. The molecule has 2 aromatic rings. The van der Waals surface area contributed by atoms with Gasteiger partial charge in [-0.3, -0.25) is 24.5 Å². The number of hydrogen-bond donors (Lipinski definition) is 2. The number of piperidine rings is 3. The second kappa shape index (κ2) is 8.96. The lowest BCUT2D eigenvalue weighted by Gasteiger charge is -2.40. The highest BCUT2D eigenvalue weighted by Crippen LogP contribution is 2.43. The lowest BCUT2D eigenvalue weighted by Crippen LogP contribution is -2.49. The van der Waals surface area contributed by atoms with Crippen LogP contribution in [0.25, 0.3) is 10.9 Å². The van der Waals surface area contributed by atoms with Gasteiger partial charge in [-0.2, -0.15) is 5.10 Å². The van der Waals surface area contributed by atoms with E-state index in [1.165, 1.54) is 16.8 Å². The molecule has 7 nitrogen and oxygen atoms in total. The van der Waals surface area contributed by atoms with Crippen LogP contribution in [-0.2, 0) is 16.6 Å². The Labute approximate surface area is 196 Å². The fourth-order valence-electron chi connectivity index (χ4n) is 5.78. The number of likely N-dealkylation sites (tertiary alicyclic amines) is 1. The number of hydrogen-bond acceptors (Lipinski definition) is 5. The molecule has 0 aliphatic carbocycles. The van der Waals surface area contributed by atoms with Crippen molar-refractivity contribution >= 4 is 22.7 Å². The van der Waals surface area contributed by atoms with Crippen LogP contribution in [0.4, 0.5) is 13.2 Å². The van der Waals surface area contributed by atoms with E-state index in [0.29, 0.717) is 35.6 Å². The zero-order valence-corrected chi connectivity index (χ0v) is 19.2. The number of benzene rings is 1. The van der Waals surface area contributed by atoms with Gasteiger partial charge >= 0.3 is 0 Å². The molecule has 5 rings (SSSR count). The van der Waals surface area contributed by atoms with Crippen LogP contribution < -0.4 is 10.6 Å². The molecule has 0 radical (unpaired) electrons. The lowest BCUT2D eigenvalue weighted by atomic mass is 9.84. The summed E-state index contributed by atoms with van der Waals surface area (Å²) in [5.41, 5.74) is 0.873. The first-order valence-corrected chi connectivity index (χ1v) is 12.0. The third-order valence-corrected chi connectivity index (χ3v) is 7.60. The number of halogens is 3. The highest BCUT2D eigenvalue weighted by molar-refractivity contribution is 6.02. The second-order valence-corrected chi connectivity index (χ2v) is 9.93. The molecule has 0 bridgehead atoms. The minimum atomic E-state index is -3.05. The minimum absolute atomic E-state index is 0.00293. The van der Waals surface area contributed by atoms with Gasteiger partial charge < -0.3 is 5.32 Å². The van der Waals surface area contributed by atoms with E-state index >= 15 is 13.2 Å². The first kappa shape index (κ1) is 23.3. The van der Waals surface area contributed by atoms with Crippen molar-refractivity contribution in [3.8, 4) is 0 Å². The maximum atomic E-state index is 15.3. The molecule has 4 heterocycles. The largest absolute Gasteiger partial charge is 0.317 e. The average molecular weight is 478 g/mol. The van der Waals surface area contributed by atoms with Crippen LogP contribution >= 0.6 is 0 Å². The van der Waals surface area contributed by atoms with Gasteiger partial charge in [0.15, 0.2) is 0 Å². The highest BCUT2D eigenvalue weighted by Gasteiger charge is 2.47. The Balaban J connectivity index is 1.39. The summed E-state index contributed by atoms with van der Waals surface area (Å²) in [5.74, 6) is -6.03. The number of aromatic nitrogens is 2. The summed E-state index contributed by atoms with van der Waals surface area (Å²) in [6.07, 6.45) is 2.63. The minimum Gasteiger partial charge on any atom is -0.317 e. The van der Waals surface area contributed by atoms with Crippen molar-refractivity contribution in [2.24, 2.45) is 13.0 Å². The molecular weight excluding hydrogens is 447 g/mol.